The first kappa shape index (κ1) is 21.1. The second-order valence-electron chi connectivity index (χ2n) is 8.17. The third-order valence-corrected chi connectivity index (χ3v) is 6.47. The molecule has 7 nitrogen and oxygen atoms in total. The van der Waals surface area contributed by atoms with Crippen LogP contribution in [0.2, 0.25) is 5.02 Å². The maximum Gasteiger partial charge on any atom is 0.277 e. The number of ether oxygens (including phenoxy) is 1. The average Bonchev–Trinajstić information content (AvgIpc) is 3.32. The Labute approximate surface area is 212 Å². The maximum atomic E-state index is 14.0. The number of hydrogen-bond acceptors (Lipinski definition) is 7. The summed E-state index contributed by atoms with van der Waals surface area (Å²) >= 11 is 7.52. The molecule has 0 saturated heterocycles. The van der Waals surface area contributed by atoms with E-state index in [9.17, 15) is 18.7 Å². The Morgan fingerprint density at radius 3 is 2.66 bits per heavy atom. The SMILES string of the molecule is [2H]C([2H])([2H])c1cc(OCc2ncc(F)cc2F)c(Cl)c(=O)n1-c1cc(-c2csc(C(C)(C)O)n2)ncc1C. The fourth-order valence-corrected chi connectivity index (χ4v) is 4.20. The van der Waals surface area contributed by atoms with E-state index < -0.39 is 47.0 Å². The lowest BCUT2D eigenvalue weighted by atomic mass is 10.1. The Bertz CT molecular complexity index is 1590. The molecule has 0 bridgehead atoms. The molecule has 0 fully saturated rings. The van der Waals surface area contributed by atoms with Gasteiger partial charge in [0.25, 0.3) is 5.56 Å². The first-order valence-corrected chi connectivity index (χ1v) is 11.5. The fourth-order valence-electron chi connectivity index (χ4n) is 3.17. The Morgan fingerprint density at radius 2 is 2.00 bits per heavy atom. The van der Waals surface area contributed by atoms with Crippen LogP contribution in [0.1, 0.15) is 39.9 Å². The smallest absolute Gasteiger partial charge is 0.277 e. The number of aliphatic hydroxyl groups is 1. The molecule has 35 heavy (non-hydrogen) atoms. The molecule has 0 radical (unpaired) electrons. The lowest BCUT2D eigenvalue weighted by Crippen LogP contribution is -2.23. The molecule has 1 N–H and O–H groups in total. The lowest BCUT2D eigenvalue weighted by Gasteiger charge is -2.16. The van der Waals surface area contributed by atoms with Crippen LogP contribution in [0.4, 0.5) is 8.78 Å². The molecule has 0 aromatic carbocycles. The van der Waals surface area contributed by atoms with Gasteiger partial charge in [0.05, 0.1) is 17.6 Å². The van der Waals surface area contributed by atoms with E-state index in [2.05, 4.69) is 15.0 Å². The van der Waals surface area contributed by atoms with Crippen molar-refractivity contribution in [1.82, 2.24) is 19.5 Å². The van der Waals surface area contributed by atoms with Crippen molar-refractivity contribution in [1.29, 1.82) is 0 Å². The van der Waals surface area contributed by atoms with Crippen molar-refractivity contribution in [3.63, 3.8) is 0 Å². The zero-order chi connectivity index (χ0) is 28.0. The number of aromatic nitrogens is 4. The third kappa shape index (κ3) is 5.09. The molecular formula is C24H21ClF2N4O3S. The van der Waals surface area contributed by atoms with Gasteiger partial charge in [0, 0.05) is 33.5 Å². The van der Waals surface area contributed by atoms with E-state index in [0.29, 0.717) is 28.0 Å². The summed E-state index contributed by atoms with van der Waals surface area (Å²) in [5, 5.41) is 11.9. The van der Waals surface area contributed by atoms with Crippen LogP contribution >= 0.6 is 22.9 Å². The first-order chi connectivity index (χ1) is 17.7. The van der Waals surface area contributed by atoms with Crippen molar-refractivity contribution in [2.45, 2.75) is 39.8 Å². The van der Waals surface area contributed by atoms with Crippen LogP contribution < -0.4 is 10.3 Å². The van der Waals surface area contributed by atoms with Crippen molar-refractivity contribution in [2.24, 2.45) is 0 Å². The topological polar surface area (TPSA) is 90.1 Å². The molecule has 0 aliphatic rings. The molecule has 0 aliphatic carbocycles. The van der Waals surface area contributed by atoms with Gasteiger partial charge in [0.1, 0.15) is 45.2 Å². The summed E-state index contributed by atoms with van der Waals surface area (Å²) in [6.07, 6.45) is 2.26. The van der Waals surface area contributed by atoms with E-state index >= 15 is 0 Å². The van der Waals surface area contributed by atoms with Crippen LogP contribution in [-0.4, -0.2) is 24.6 Å². The van der Waals surface area contributed by atoms with Gasteiger partial charge in [-0.1, -0.05) is 11.6 Å². The van der Waals surface area contributed by atoms with Crippen LogP contribution in [0, 0.1) is 25.4 Å². The van der Waals surface area contributed by atoms with E-state index in [1.54, 1.807) is 26.2 Å². The minimum absolute atomic E-state index is 0.198. The molecule has 4 aromatic heterocycles. The predicted octanol–water partition coefficient (Wildman–Crippen LogP) is 5.11. The Balaban J connectivity index is 1.81. The Hall–Kier alpha value is -3.21. The minimum Gasteiger partial charge on any atom is -0.485 e. The van der Waals surface area contributed by atoms with Crippen LogP contribution in [0.25, 0.3) is 17.1 Å². The number of pyridine rings is 3. The van der Waals surface area contributed by atoms with Gasteiger partial charge in [-0.15, -0.1) is 11.3 Å². The highest BCUT2D eigenvalue weighted by Gasteiger charge is 2.22. The van der Waals surface area contributed by atoms with Crippen LogP contribution in [-0.2, 0) is 12.2 Å². The summed E-state index contributed by atoms with van der Waals surface area (Å²) < 4.78 is 57.7. The van der Waals surface area contributed by atoms with Crippen LogP contribution in [0.3, 0.4) is 0 Å². The Kier molecular flexibility index (Phi) is 5.69. The number of aryl methyl sites for hydroxylation is 2. The van der Waals surface area contributed by atoms with Crippen LogP contribution in [0.15, 0.2) is 40.8 Å². The van der Waals surface area contributed by atoms with Gasteiger partial charge in [-0.2, -0.15) is 0 Å². The third-order valence-electron chi connectivity index (χ3n) is 4.97. The normalized spacial score (nSPS) is 13.3. The minimum atomic E-state index is -2.79. The zero-order valence-electron chi connectivity index (χ0n) is 21.8. The molecule has 4 rings (SSSR count). The average molecular weight is 522 g/mol. The standard InChI is InChI=1S/C24H21ClF2N4O3S/c1-12-8-28-16(18-11-35-23(30-18)24(3,4)33)7-19(12)31-13(2)5-20(21(25)22(31)32)34-10-17-15(27)6-14(26)9-29-17/h5-9,11,33H,10H2,1-4H3/i2D3. The lowest BCUT2D eigenvalue weighted by molar-refractivity contribution is 0.0783. The molecule has 4 aromatic rings. The molecule has 11 heteroatoms. The van der Waals surface area contributed by atoms with Gasteiger partial charge in [-0.25, -0.2) is 13.8 Å². The van der Waals surface area contributed by atoms with Gasteiger partial charge >= 0.3 is 0 Å². The molecular weight excluding hydrogens is 498 g/mol. The first-order valence-electron chi connectivity index (χ1n) is 11.7. The molecule has 0 saturated carbocycles. The summed E-state index contributed by atoms with van der Waals surface area (Å²) in [5.74, 6) is -2.15. The molecule has 0 aliphatic heterocycles. The number of halogens is 3. The van der Waals surface area contributed by atoms with Crippen LogP contribution in [0.5, 0.6) is 5.75 Å². The maximum absolute atomic E-state index is 14.0. The summed E-state index contributed by atoms with van der Waals surface area (Å²) in [6, 6.07) is 3.20. The molecule has 0 amide bonds. The highest BCUT2D eigenvalue weighted by atomic mass is 35.5. The van der Waals surface area contributed by atoms with E-state index in [0.717, 1.165) is 16.8 Å². The molecule has 182 valence electrons. The van der Waals surface area contributed by atoms with Crippen molar-refractivity contribution in [2.75, 3.05) is 0 Å². The summed E-state index contributed by atoms with van der Waals surface area (Å²) in [4.78, 5) is 25.8. The van der Waals surface area contributed by atoms with Crippen molar-refractivity contribution < 1.29 is 22.7 Å². The largest absolute Gasteiger partial charge is 0.485 e. The number of hydrogen-bond donors (Lipinski definition) is 1. The molecule has 0 unspecified atom stereocenters. The van der Waals surface area contributed by atoms with Gasteiger partial charge in [0.15, 0.2) is 5.82 Å². The van der Waals surface area contributed by atoms with E-state index in [1.165, 1.54) is 23.6 Å². The van der Waals surface area contributed by atoms with Gasteiger partial charge in [-0.05, 0) is 39.3 Å². The van der Waals surface area contributed by atoms with Gasteiger partial charge in [0.2, 0.25) is 0 Å². The van der Waals surface area contributed by atoms with Crippen molar-refractivity contribution >= 4 is 22.9 Å². The molecule has 0 spiro atoms. The molecule has 0 atom stereocenters. The molecule has 4 heterocycles. The zero-order valence-corrected chi connectivity index (χ0v) is 20.3. The monoisotopic (exact) mass is 521 g/mol. The van der Waals surface area contributed by atoms with Crippen molar-refractivity contribution in [3.8, 4) is 22.8 Å². The van der Waals surface area contributed by atoms with Crippen molar-refractivity contribution in [3.05, 3.63) is 84.9 Å². The summed E-state index contributed by atoms with van der Waals surface area (Å²) in [6.45, 7) is 1.52. The second kappa shape index (κ2) is 9.44. The summed E-state index contributed by atoms with van der Waals surface area (Å²) in [5.41, 5.74) is -1.29. The van der Waals surface area contributed by atoms with E-state index in [-0.39, 0.29) is 17.1 Å². The number of thiazole rings is 1. The quantitative estimate of drug-likeness (QED) is 0.379. The number of nitrogens with zero attached hydrogens (tertiary/aromatic N) is 4. The Morgan fingerprint density at radius 1 is 1.23 bits per heavy atom. The fraction of sp³-hybridized carbons (Fsp3) is 0.250. The van der Waals surface area contributed by atoms with Gasteiger partial charge < -0.3 is 9.84 Å². The van der Waals surface area contributed by atoms with E-state index in [1.807, 2.05) is 0 Å². The highest BCUT2D eigenvalue weighted by molar-refractivity contribution is 7.10. The predicted molar refractivity (Wildman–Crippen MR) is 129 cm³/mol. The van der Waals surface area contributed by atoms with Gasteiger partial charge in [-0.3, -0.25) is 19.3 Å². The van der Waals surface area contributed by atoms with E-state index in [4.69, 9.17) is 20.5 Å². The number of rotatable bonds is 6. The highest BCUT2D eigenvalue weighted by Crippen LogP contribution is 2.30. The second-order valence-corrected chi connectivity index (χ2v) is 9.41. The summed E-state index contributed by atoms with van der Waals surface area (Å²) in [7, 11) is 0.